The van der Waals surface area contributed by atoms with Crippen LogP contribution in [0.3, 0.4) is 0 Å². The quantitative estimate of drug-likeness (QED) is 0.668. The van der Waals surface area contributed by atoms with Crippen LogP contribution >= 0.6 is 0 Å². The van der Waals surface area contributed by atoms with Crippen molar-refractivity contribution in [1.29, 1.82) is 0 Å². The van der Waals surface area contributed by atoms with Gasteiger partial charge < -0.3 is 4.90 Å². The fraction of sp³-hybridized carbons (Fsp3) is 0.300. The Kier molecular flexibility index (Phi) is 3.34. The lowest BCUT2D eigenvalue weighted by Gasteiger charge is -2.08. The molecule has 0 fully saturated rings. The molecule has 0 aromatic carbocycles. The Bertz CT molecular complexity index is 344. The summed E-state index contributed by atoms with van der Waals surface area (Å²) in [6, 6.07) is 1.77. The minimum absolute atomic E-state index is 0.0201. The van der Waals surface area contributed by atoms with Crippen LogP contribution in [0.25, 0.3) is 5.57 Å². The number of nitrogens with zero attached hydrogens (tertiary/aromatic N) is 3. The molecule has 0 unspecified atom stereocenters. The molecule has 0 amide bonds. The largest absolute Gasteiger partial charge is 0.383 e. The maximum atomic E-state index is 11.3. The van der Waals surface area contributed by atoms with Crippen molar-refractivity contribution < 1.29 is 4.79 Å². The third kappa shape index (κ3) is 2.65. The van der Waals surface area contributed by atoms with Crippen molar-refractivity contribution in [1.82, 2.24) is 15.1 Å². The average Bonchev–Trinajstić information content (AvgIpc) is 2.15. The van der Waals surface area contributed by atoms with Crippen LogP contribution in [0.4, 0.5) is 0 Å². The van der Waals surface area contributed by atoms with E-state index in [0.717, 1.165) is 5.56 Å². The van der Waals surface area contributed by atoms with Crippen LogP contribution < -0.4 is 0 Å². The number of aromatic nitrogens is 2. The van der Waals surface area contributed by atoms with Gasteiger partial charge in [0, 0.05) is 31.4 Å². The average molecular weight is 191 g/mol. The summed E-state index contributed by atoms with van der Waals surface area (Å²) < 4.78 is 0. The standard InChI is InChI=1S/C10H13N3O/c1-8(14)10(7-13(2)3)9-4-5-11-12-6-9/h4-7H,1-3H3/b10-7-. The van der Waals surface area contributed by atoms with E-state index in [1.807, 2.05) is 19.0 Å². The molecule has 0 atom stereocenters. The van der Waals surface area contributed by atoms with E-state index >= 15 is 0 Å². The fourth-order valence-electron chi connectivity index (χ4n) is 1.08. The van der Waals surface area contributed by atoms with E-state index in [1.54, 1.807) is 24.7 Å². The van der Waals surface area contributed by atoms with Gasteiger partial charge in [-0.25, -0.2) is 0 Å². The summed E-state index contributed by atoms with van der Waals surface area (Å²) in [7, 11) is 3.75. The molecule has 0 spiro atoms. The molecule has 4 nitrogen and oxygen atoms in total. The van der Waals surface area contributed by atoms with Crippen LogP contribution in [0.5, 0.6) is 0 Å². The van der Waals surface area contributed by atoms with E-state index in [1.165, 1.54) is 6.92 Å². The predicted molar refractivity (Wildman–Crippen MR) is 54.4 cm³/mol. The molecule has 0 radical (unpaired) electrons. The van der Waals surface area contributed by atoms with Crippen LogP contribution in [-0.2, 0) is 4.79 Å². The molecule has 0 aliphatic carbocycles. The second kappa shape index (κ2) is 4.50. The van der Waals surface area contributed by atoms with Crippen molar-refractivity contribution in [2.45, 2.75) is 6.92 Å². The summed E-state index contributed by atoms with van der Waals surface area (Å²) in [5.74, 6) is 0.0201. The van der Waals surface area contributed by atoms with Gasteiger partial charge in [0.15, 0.2) is 5.78 Å². The van der Waals surface area contributed by atoms with Gasteiger partial charge in [-0.15, -0.1) is 0 Å². The number of ketones is 1. The molecule has 1 aromatic heterocycles. The number of carbonyl (C=O) groups is 1. The fourth-order valence-corrected chi connectivity index (χ4v) is 1.08. The first-order valence-corrected chi connectivity index (χ1v) is 4.27. The van der Waals surface area contributed by atoms with Crippen molar-refractivity contribution in [2.75, 3.05) is 14.1 Å². The predicted octanol–water partition coefficient (Wildman–Crippen LogP) is 0.968. The van der Waals surface area contributed by atoms with Gasteiger partial charge in [0.2, 0.25) is 0 Å². The first-order valence-electron chi connectivity index (χ1n) is 4.27. The molecule has 1 rings (SSSR count). The van der Waals surface area contributed by atoms with Crippen LogP contribution in [0, 0.1) is 0 Å². The monoisotopic (exact) mass is 191 g/mol. The summed E-state index contributed by atoms with van der Waals surface area (Å²) in [4.78, 5) is 13.2. The molecule has 0 N–H and O–H groups in total. The number of allylic oxidation sites excluding steroid dienone is 1. The Labute approximate surface area is 83.3 Å². The highest BCUT2D eigenvalue weighted by Crippen LogP contribution is 2.13. The lowest BCUT2D eigenvalue weighted by atomic mass is 10.1. The first-order chi connectivity index (χ1) is 6.61. The summed E-state index contributed by atoms with van der Waals surface area (Å²) in [5.41, 5.74) is 1.44. The molecular formula is C10H13N3O. The van der Waals surface area contributed by atoms with Gasteiger partial charge in [-0.1, -0.05) is 0 Å². The Balaban J connectivity index is 3.08. The molecule has 0 aliphatic rings. The molecule has 14 heavy (non-hydrogen) atoms. The van der Waals surface area contributed by atoms with E-state index in [0.29, 0.717) is 5.57 Å². The number of hydrogen-bond acceptors (Lipinski definition) is 4. The molecule has 0 aliphatic heterocycles. The van der Waals surface area contributed by atoms with E-state index in [9.17, 15) is 4.79 Å². The summed E-state index contributed by atoms with van der Waals surface area (Å²) >= 11 is 0. The van der Waals surface area contributed by atoms with Gasteiger partial charge in [0.05, 0.1) is 12.4 Å². The molecule has 0 saturated carbocycles. The molecule has 4 heteroatoms. The normalized spacial score (nSPS) is 11.2. The molecule has 1 heterocycles. The zero-order valence-electron chi connectivity index (χ0n) is 8.56. The van der Waals surface area contributed by atoms with Crippen LogP contribution in [0.15, 0.2) is 24.7 Å². The second-order valence-corrected chi connectivity index (χ2v) is 3.19. The van der Waals surface area contributed by atoms with Gasteiger partial charge in [-0.3, -0.25) is 4.79 Å². The Morgan fingerprint density at radius 1 is 1.43 bits per heavy atom. The SMILES string of the molecule is CC(=O)/C(=C/N(C)C)c1ccnnc1. The summed E-state index contributed by atoms with van der Waals surface area (Å²) in [6.07, 6.45) is 4.93. The topological polar surface area (TPSA) is 46.1 Å². The number of hydrogen-bond donors (Lipinski definition) is 0. The van der Waals surface area contributed by atoms with E-state index in [4.69, 9.17) is 0 Å². The molecule has 0 bridgehead atoms. The number of carbonyl (C=O) groups excluding carboxylic acids is 1. The Morgan fingerprint density at radius 3 is 2.57 bits per heavy atom. The van der Waals surface area contributed by atoms with E-state index in [2.05, 4.69) is 10.2 Å². The van der Waals surface area contributed by atoms with Crippen molar-refractivity contribution >= 4 is 11.4 Å². The molecule has 1 aromatic rings. The molecule has 0 saturated heterocycles. The lowest BCUT2D eigenvalue weighted by Crippen LogP contribution is -2.06. The van der Waals surface area contributed by atoms with E-state index in [-0.39, 0.29) is 5.78 Å². The lowest BCUT2D eigenvalue weighted by molar-refractivity contribution is -0.111. The maximum Gasteiger partial charge on any atom is 0.161 e. The van der Waals surface area contributed by atoms with Gasteiger partial charge in [0.1, 0.15) is 0 Å². The van der Waals surface area contributed by atoms with Crippen molar-refractivity contribution in [2.24, 2.45) is 0 Å². The summed E-state index contributed by atoms with van der Waals surface area (Å²) in [5, 5.41) is 7.40. The highest BCUT2D eigenvalue weighted by molar-refractivity contribution is 6.19. The van der Waals surface area contributed by atoms with Crippen LogP contribution in [-0.4, -0.2) is 35.0 Å². The Hall–Kier alpha value is -1.71. The van der Waals surface area contributed by atoms with E-state index < -0.39 is 0 Å². The van der Waals surface area contributed by atoms with Crippen LogP contribution in [0.1, 0.15) is 12.5 Å². The third-order valence-electron chi connectivity index (χ3n) is 1.66. The Morgan fingerprint density at radius 2 is 2.14 bits per heavy atom. The summed E-state index contributed by atoms with van der Waals surface area (Å²) in [6.45, 7) is 1.54. The minimum Gasteiger partial charge on any atom is -0.383 e. The smallest absolute Gasteiger partial charge is 0.161 e. The van der Waals surface area contributed by atoms with Crippen molar-refractivity contribution in [3.05, 3.63) is 30.2 Å². The molecule has 74 valence electrons. The highest BCUT2D eigenvalue weighted by Gasteiger charge is 2.07. The van der Waals surface area contributed by atoms with Crippen LogP contribution in [0.2, 0.25) is 0 Å². The van der Waals surface area contributed by atoms with Crippen molar-refractivity contribution in [3.63, 3.8) is 0 Å². The maximum absolute atomic E-state index is 11.3. The van der Waals surface area contributed by atoms with Gasteiger partial charge in [0.25, 0.3) is 0 Å². The third-order valence-corrected chi connectivity index (χ3v) is 1.66. The zero-order chi connectivity index (χ0) is 10.6. The van der Waals surface area contributed by atoms with Crippen molar-refractivity contribution in [3.8, 4) is 0 Å². The number of rotatable bonds is 3. The highest BCUT2D eigenvalue weighted by atomic mass is 16.1. The molecular weight excluding hydrogens is 178 g/mol. The van der Waals surface area contributed by atoms with Gasteiger partial charge in [-0.05, 0) is 13.0 Å². The first kappa shape index (κ1) is 10.4. The second-order valence-electron chi connectivity index (χ2n) is 3.19. The number of Topliss-reactive ketones (excluding diaryl/α,β-unsaturated/α-hetero) is 1. The van der Waals surface area contributed by atoms with Gasteiger partial charge in [-0.2, -0.15) is 10.2 Å². The zero-order valence-corrected chi connectivity index (χ0v) is 8.56. The van der Waals surface area contributed by atoms with Gasteiger partial charge >= 0.3 is 0 Å². The minimum atomic E-state index is 0.0201.